The van der Waals surface area contributed by atoms with Gasteiger partial charge in [-0.2, -0.15) is 0 Å². The van der Waals surface area contributed by atoms with Gasteiger partial charge in [0.15, 0.2) is 11.4 Å². The first-order chi connectivity index (χ1) is 14.0. The minimum atomic E-state index is -1.68. The lowest BCUT2D eigenvalue weighted by atomic mass is 9.39. The average molecular weight is 394 g/mol. The second-order valence-electron chi connectivity index (χ2n) is 10.0. The Bertz CT molecular complexity index is 1060. The first kappa shape index (κ1) is 15.8. The summed E-state index contributed by atoms with van der Waals surface area (Å²) in [6.07, 6.45) is 2.15. The molecule has 150 valence electrons. The minimum Gasteiger partial charge on any atom is -0.452 e. The molecule has 8 fully saturated rings. The van der Waals surface area contributed by atoms with Crippen LogP contribution < -0.4 is 4.90 Å². The normalized spacial score (nSPS) is 56.1. The highest BCUT2D eigenvalue weighted by atomic mass is 16.6. The number of piperidine rings is 1. The molecule has 1 aromatic rings. The van der Waals surface area contributed by atoms with Crippen molar-refractivity contribution in [3.63, 3.8) is 0 Å². The van der Waals surface area contributed by atoms with Crippen molar-refractivity contribution in [1.82, 2.24) is 4.90 Å². The number of para-hydroxylation sites is 1. The van der Waals surface area contributed by atoms with E-state index in [0.29, 0.717) is 6.42 Å². The fourth-order valence-corrected chi connectivity index (χ4v) is 9.68. The number of nitrogens with zero attached hydrogens (tertiary/aromatic N) is 2. The number of carbonyl (C=O) groups excluding carboxylic acids is 2. The molecule has 9 bridgehead atoms. The zero-order valence-electron chi connectivity index (χ0n) is 16.1. The number of aliphatic hydroxyl groups is 1. The quantitative estimate of drug-likeness (QED) is 0.712. The van der Waals surface area contributed by atoms with Gasteiger partial charge in [0.1, 0.15) is 17.9 Å². The van der Waals surface area contributed by atoms with Crippen molar-refractivity contribution in [2.75, 3.05) is 18.6 Å². The van der Waals surface area contributed by atoms with E-state index in [1.165, 1.54) is 7.11 Å². The second-order valence-corrected chi connectivity index (χ2v) is 10.0. The number of benzene rings is 1. The highest BCUT2D eigenvalue weighted by Gasteiger charge is 3.00. The number of hydrogen-bond acceptors (Lipinski definition) is 6. The predicted octanol–water partition coefficient (Wildman–Crippen LogP) is 1.18. The number of hydrogen-bond donors (Lipinski definition) is 1. The van der Waals surface area contributed by atoms with Gasteiger partial charge in [-0.1, -0.05) is 18.2 Å². The van der Waals surface area contributed by atoms with E-state index in [9.17, 15) is 14.7 Å². The third kappa shape index (κ3) is 1.06. The van der Waals surface area contributed by atoms with Crippen LogP contribution in [0.3, 0.4) is 0 Å². The molecule has 9 aliphatic rings. The van der Waals surface area contributed by atoms with Crippen LogP contribution >= 0.6 is 0 Å². The van der Waals surface area contributed by atoms with Crippen LogP contribution in [0.2, 0.25) is 0 Å². The van der Waals surface area contributed by atoms with Crippen molar-refractivity contribution in [3.8, 4) is 0 Å². The fourth-order valence-electron chi connectivity index (χ4n) is 9.68. The molecule has 9 atom stereocenters. The molecule has 4 saturated carbocycles. The molecule has 5 unspecified atom stereocenters. The number of rotatable bonds is 0. The summed E-state index contributed by atoms with van der Waals surface area (Å²) in [7, 11) is 1.37. The average Bonchev–Trinajstić information content (AvgIpc) is 3.19. The number of ether oxygens (including phenoxy) is 2. The molecule has 7 nitrogen and oxygen atoms in total. The number of amides is 1. The van der Waals surface area contributed by atoms with Gasteiger partial charge in [-0.25, -0.2) is 4.79 Å². The molecular formula is C22H22N2O5. The van der Waals surface area contributed by atoms with Gasteiger partial charge in [0.2, 0.25) is 0 Å². The molecule has 4 aliphatic carbocycles. The van der Waals surface area contributed by atoms with Crippen LogP contribution in [0.25, 0.3) is 0 Å². The fraction of sp³-hybridized carbons (Fsp3) is 0.636. The highest BCUT2D eigenvalue weighted by molar-refractivity contribution is 6.08. The molecule has 1 aromatic carbocycles. The summed E-state index contributed by atoms with van der Waals surface area (Å²) in [6.45, 7) is 0.907. The zero-order valence-corrected chi connectivity index (χ0v) is 16.1. The maximum absolute atomic E-state index is 14.0. The van der Waals surface area contributed by atoms with Gasteiger partial charge >= 0.3 is 6.09 Å². The van der Waals surface area contributed by atoms with Crippen molar-refractivity contribution in [3.05, 3.63) is 29.8 Å². The molecule has 0 aromatic heterocycles. The van der Waals surface area contributed by atoms with E-state index >= 15 is 0 Å². The molecule has 1 N–H and O–H groups in total. The Kier molecular flexibility index (Phi) is 2.24. The number of carbonyl (C=O) groups is 2. The van der Waals surface area contributed by atoms with Crippen LogP contribution in [-0.4, -0.2) is 65.1 Å². The van der Waals surface area contributed by atoms with Crippen molar-refractivity contribution >= 4 is 17.6 Å². The Hall–Kier alpha value is -1.96. The minimum absolute atomic E-state index is 0.113. The number of methoxy groups -OCH3 is 1. The Labute approximate surface area is 167 Å². The van der Waals surface area contributed by atoms with E-state index in [2.05, 4.69) is 11.0 Å². The van der Waals surface area contributed by atoms with Crippen molar-refractivity contribution in [2.24, 2.45) is 11.3 Å². The van der Waals surface area contributed by atoms with Crippen molar-refractivity contribution in [1.29, 1.82) is 0 Å². The molecule has 4 saturated heterocycles. The Balaban J connectivity index is 1.58. The summed E-state index contributed by atoms with van der Waals surface area (Å²) < 4.78 is 11.8. The van der Waals surface area contributed by atoms with Crippen molar-refractivity contribution in [2.45, 2.75) is 60.6 Å². The predicted molar refractivity (Wildman–Crippen MR) is 99.2 cm³/mol. The van der Waals surface area contributed by atoms with Gasteiger partial charge in [-0.15, -0.1) is 0 Å². The van der Waals surface area contributed by atoms with Gasteiger partial charge in [0.25, 0.3) is 0 Å². The highest BCUT2D eigenvalue weighted by Crippen LogP contribution is 2.85. The number of Topliss-reactive ketones (excluding diaryl/α,β-unsaturated/α-hetero) is 1. The standard InChI is InChI=1S/C22H22N2O5/c1-28-18(26)24-12-6-3-2-5-11(12)21-13-14(25)22(27)17-19(8-9-20(21,22)24)7-4-10-23(16(19)21)15(13)29-17/h2-3,5-6,13,15-17,27H,4,7-10H2,1H3/t13-,15+,16-,17?,19?,20?,21-,22?/m0/s1. The number of ketones is 1. The SMILES string of the molecule is COC(=O)N1c2ccccc2[C@@]23[C@H]4C(=O)C5(O)C6O[C@H]4N4CCCC6(CCC152)[C@H]43. The molecule has 3 spiro atoms. The van der Waals surface area contributed by atoms with E-state index in [4.69, 9.17) is 9.47 Å². The third-order valence-electron chi connectivity index (χ3n) is 9.90. The first-order valence-corrected chi connectivity index (χ1v) is 10.7. The number of anilines is 1. The Morgan fingerprint density at radius 3 is 2.93 bits per heavy atom. The van der Waals surface area contributed by atoms with Crippen LogP contribution in [0.4, 0.5) is 10.5 Å². The van der Waals surface area contributed by atoms with Crippen molar-refractivity contribution < 1.29 is 24.2 Å². The largest absolute Gasteiger partial charge is 0.452 e. The molecule has 10 rings (SSSR count). The summed E-state index contributed by atoms with van der Waals surface area (Å²) in [5, 5.41) is 12.3. The van der Waals surface area contributed by atoms with E-state index in [1.54, 1.807) is 4.90 Å². The van der Waals surface area contributed by atoms with Crippen LogP contribution in [0.15, 0.2) is 24.3 Å². The third-order valence-corrected chi connectivity index (χ3v) is 9.90. The summed E-state index contributed by atoms with van der Waals surface area (Å²) in [5.41, 5.74) is -1.76. The summed E-state index contributed by atoms with van der Waals surface area (Å²) in [5.74, 6) is -0.553. The van der Waals surface area contributed by atoms with E-state index < -0.39 is 34.7 Å². The van der Waals surface area contributed by atoms with Gasteiger partial charge in [0.05, 0.1) is 24.1 Å². The van der Waals surface area contributed by atoms with Gasteiger partial charge in [0, 0.05) is 18.0 Å². The topological polar surface area (TPSA) is 79.3 Å². The monoisotopic (exact) mass is 394 g/mol. The second kappa shape index (κ2) is 4.11. The smallest absolute Gasteiger partial charge is 0.414 e. The van der Waals surface area contributed by atoms with E-state index in [-0.39, 0.29) is 23.5 Å². The lowest BCUT2D eigenvalue weighted by Crippen LogP contribution is -2.89. The zero-order chi connectivity index (χ0) is 19.6. The Morgan fingerprint density at radius 2 is 2.10 bits per heavy atom. The molecule has 0 radical (unpaired) electrons. The molecule has 29 heavy (non-hydrogen) atoms. The van der Waals surface area contributed by atoms with Gasteiger partial charge < -0.3 is 14.6 Å². The molecule has 5 heterocycles. The molecular weight excluding hydrogens is 372 g/mol. The molecule has 1 amide bonds. The van der Waals surface area contributed by atoms with Crippen LogP contribution in [0.5, 0.6) is 0 Å². The van der Waals surface area contributed by atoms with Crippen LogP contribution in [0.1, 0.15) is 31.2 Å². The summed E-state index contributed by atoms with van der Waals surface area (Å²) >= 11 is 0. The first-order valence-electron chi connectivity index (χ1n) is 10.7. The van der Waals surface area contributed by atoms with Crippen LogP contribution in [-0.2, 0) is 19.7 Å². The summed E-state index contributed by atoms with van der Waals surface area (Å²) in [4.78, 5) is 31.2. The summed E-state index contributed by atoms with van der Waals surface area (Å²) in [6, 6.07) is 8.03. The van der Waals surface area contributed by atoms with Gasteiger partial charge in [-0.3, -0.25) is 14.6 Å². The molecule has 7 heteroatoms. The Morgan fingerprint density at radius 1 is 1.28 bits per heavy atom. The lowest BCUT2D eigenvalue weighted by Gasteiger charge is -2.73. The maximum atomic E-state index is 14.0. The van der Waals surface area contributed by atoms with Crippen LogP contribution in [0, 0.1) is 11.3 Å². The maximum Gasteiger partial charge on any atom is 0.414 e. The lowest BCUT2D eigenvalue weighted by molar-refractivity contribution is -0.330. The van der Waals surface area contributed by atoms with Gasteiger partial charge in [-0.05, 0) is 37.3 Å². The van der Waals surface area contributed by atoms with E-state index in [1.807, 2.05) is 18.2 Å². The van der Waals surface area contributed by atoms with E-state index in [0.717, 1.165) is 37.1 Å². The molecule has 5 aliphatic heterocycles. The number of fused-ring (bicyclic) bond motifs is 2.